The Morgan fingerprint density at radius 3 is 2.37 bits per heavy atom. The molecule has 2 aromatic carbocycles. The number of hydrogen-bond acceptors (Lipinski definition) is 2. The molecule has 1 heterocycles. The Morgan fingerprint density at radius 2 is 1.74 bits per heavy atom. The number of aromatic nitrogens is 1. The Morgan fingerprint density at radius 1 is 1.00 bits per heavy atom. The fourth-order valence-corrected chi connectivity index (χ4v) is 2.22. The molecule has 96 valence electrons. The molecule has 0 aliphatic heterocycles. The minimum atomic E-state index is 0.542. The van der Waals surface area contributed by atoms with E-state index in [0.717, 1.165) is 22.2 Å². The molecular weight excluding hydrogens is 234 g/mol. The largest absolute Gasteiger partial charge is 0.436 e. The second-order valence-corrected chi connectivity index (χ2v) is 5.22. The van der Waals surface area contributed by atoms with Crippen molar-refractivity contribution in [3.8, 4) is 11.5 Å². The van der Waals surface area contributed by atoms with Crippen LogP contribution in [0.25, 0.3) is 22.6 Å². The summed E-state index contributed by atoms with van der Waals surface area (Å²) in [6.45, 7) is 6.43. The summed E-state index contributed by atoms with van der Waals surface area (Å²) >= 11 is 0. The summed E-state index contributed by atoms with van der Waals surface area (Å²) in [4.78, 5) is 4.55. The molecule has 0 radical (unpaired) electrons. The highest BCUT2D eigenvalue weighted by Crippen LogP contribution is 2.27. The van der Waals surface area contributed by atoms with Gasteiger partial charge in [0.25, 0.3) is 0 Å². The average Bonchev–Trinajstić information content (AvgIpc) is 2.84. The normalized spacial score (nSPS) is 11.4. The fraction of sp³-hybridized carbons (Fsp3) is 0.235. The molecule has 3 rings (SSSR count). The lowest BCUT2D eigenvalue weighted by Crippen LogP contribution is -1.86. The van der Waals surface area contributed by atoms with Crippen molar-refractivity contribution in [2.75, 3.05) is 0 Å². The molecule has 1 aromatic heterocycles. The summed E-state index contributed by atoms with van der Waals surface area (Å²) in [7, 11) is 0. The number of hydrogen-bond donors (Lipinski definition) is 0. The van der Waals surface area contributed by atoms with Gasteiger partial charge < -0.3 is 4.42 Å². The van der Waals surface area contributed by atoms with E-state index in [0.29, 0.717) is 11.8 Å². The maximum Gasteiger partial charge on any atom is 0.227 e. The molecule has 0 aliphatic rings. The van der Waals surface area contributed by atoms with Gasteiger partial charge in [-0.2, -0.15) is 0 Å². The first-order chi connectivity index (χ1) is 9.15. The summed E-state index contributed by atoms with van der Waals surface area (Å²) in [6.07, 6.45) is 0. The van der Waals surface area contributed by atoms with Crippen LogP contribution in [0.2, 0.25) is 0 Å². The molecule has 2 heteroatoms. The minimum absolute atomic E-state index is 0.542. The first-order valence-electron chi connectivity index (χ1n) is 6.61. The molecule has 0 atom stereocenters. The number of fused-ring (bicyclic) bond motifs is 1. The van der Waals surface area contributed by atoms with E-state index in [-0.39, 0.29) is 0 Å². The van der Waals surface area contributed by atoms with Crippen LogP contribution in [0, 0.1) is 6.92 Å². The topological polar surface area (TPSA) is 26.0 Å². The molecule has 0 amide bonds. The van der Waals surface area contributed by atoms with Crippen molar-refractivity contribution in [2.24, 2.45) is 0 Å². The Kier molecular flexibility index (Phi) is 2.86. The van der Waals surface area contributed by atoms with E-state index < -0.39 is 0 Å². The van der Waals surface area contributed by atoms with Gasteiger partial charge >= 0.3 is 0 Å². The molecule has 0 fully saturated rings. The Bertz CT molecular complexity index is 708. The lowest BCUT2D eigenvalue weighted by molar-refractivity contribution is 0.617. The Balaban J connectivity index is 2.06. The Hall–Kier alpha value is -2.09. The van der Waals surface area contributed by atoms with Gasteiger partial charge in [0, 0.05) is 5.56 Å². The minimum Gasteiger partial charge on any atom is -0.436 e. The van der Waals surface area contributed by atoms with Crippen molar-refractivity contribution in [3.63, 3.8) is 0 Å². The standard InChI is InChI=1S/C17H17NO/c1-11(2)13-7-9-14(10-8-13)17-18-15-6-4-5-12(3)16(15)19-17/h4-11H,1-3H3. The smallest absolute Gasteiger partial charge is 0.227 e. The van der Waals surface area contributed by atoms with Crippen LogP contribution in [0.4, 0.5) is 0 Å². The first kappa shape index (κ1) is 12.0. The maximum absolute atomic E-state index is 5.87. The van der Waals surface area contributed by atoms with Gasteiger partial charge in [0.2, 0.25) is 5.89 Å². The lowest BCUT2D eigenvalue weighted by Gasteiger charge is -2.04. The van der Waals surface area contributed by atoms with Gasteiger partial charge in [0.15, 0.2) is 5.58 Å². The van der Waals surface area contributed by atoms with Crippen LogP contribution in [0.5, 0.6) is 0 Å². The zero-order valence-corrected chi connectivity index (χ0v) is 11.5. The first-order valence-corrected chi connectivity index (χ1v) is 6.61. The van der Waals surface area contributed by atoms with Crippen molar-refractivity contribution < 1.29 is 4.42 Å². The SMILES string of the molecule is Cc1cccc2nc(-c3ccc(C(C)C)cc3)oc12. The van der Waals surface area contributed by atoms with Crippen LogP contribution in [0.1, 0.15) is 30.9 Å². The molecule has 0 spiro atoms. The number of nitrogens with zero attached hydrogens (tertiary/aromatic N) is 1. The molecule has 0 bridgehead atoms. The van der Waals surface area contributed by atoms with Gasteiger partial charge in [-0.05, 0) is 42.2 Å². The summed E-state index contributed by atoms with van der Waals surface area (Å²) in [5.74, 6) is 1.24. The summed E-state index contributed by atoms with van der Waals surface area (Å²) in [5.41, 5.74) is 5.28. The molecule has 19 heavy (non-hydrogen) atoms. The third-order valence-corrected chi connectivity index (χ3v) is 3.44. The maximum atomic E-state index is 5.87. The quantitative estimate of drug-likeness (QED) is 0.645. The van der Waals surface area contributed by atoms with Crippen molar-refractivity contribution in [1.82, 2.24) is 4.98 Å². The van der Waals surface area contributed by atoms with Crippen molar-refractivity contribution in [2.45, 2.75) is 26.7 Å². The Labute approximate surface area is 113 Å². The molecule has 0 unspecified atom stereocenters. The predicted molar refractivity (Wildman–Crippen MR) is 78.3 cm³/mol. The van der Waals surface area contributed by atoms with E-state index >= 15 is 0 Å². The van der Waals surface area contributed by atoms with Crippen LogP contribution in [-0.2, 0) is 0 Å². The van der Waals surface area contributed by atoms with Crippen LogP contribution in [0.3, 0.4) is 0 Å². The molecule has 2 nitrogen and oxygen atoms in total. The molecular formula is C17H17NO. The summed E-state index contributed by atoms with van der Waals surface area (Å²) in [6, 6.07) is 14.5. The van der Waals surface area contributed by atoms with E-state index in [2.05, 4.69) is 43.1 Å². The van der Waals surface area contributed by atoms with Crippen molar-refractivity contribution in [3.05, 3.63) is 53.6 Å². The molecule has 0 aliphatic carbocycles. The third kappa shape index (κ3) is 2.14. The average molecular weight is 251 g/mol. The van der Waals surface area contributed by atoms with Gasteiger partial charge in [-0.15, -0.1) is 0 Å². The van der Waals surface area contributed by atoms with E-state index in [1.807, 2.05) is 25.1 Å². The highest BCUT2D eigenvalue weighted by Gasteiger charge is 2.09. The second kappa shape index (κ2) is 4.54. The molecule has 0 saturated heterocycles. The van der Waals surface area contributed by atoms with Crippen LogP contribution >= 0.6 is 0 Å². The van der Waals surface area contributed by atoms with Crippen LogP contribution in [0.15, 0.2) is 46.9 Å². The van der Waals surface area contributed by atoms with E-state index in [1.54, 1.807) is 0 Å². The van der Waals surface area contributed by atoms with Gasteiger partial charge in [-0.3, -0.25) is 0 Å². The highest BCUT2D eigenvalue weighted by molar-refractivity contribution is 5.79. The zero-order chi connectivity index (χ0) is 13.4. The molecule has 0 saturated carbocycles. The van der Waals surface area contributed by atoms with Gasteiger partial charge in [0.05, 0.1) is 0 Å². The number of para-hydroxylation sites is 1. The number of benzene rings is 2. The molecule has 3 aromatic rings. The van der Waals surface area contributed by atoms with Crippen LogP contribution < -0.4 is 0 Å². The van der Waals surface area contributed by atoms with Gasteiger partial charge in [0.1, 0.15) is 5.52 Å². The van der Waals surface area contributed by atoms with Gasteiger partial charge in [-0.1, -0.05) is 38.1 Å². The van der Waals surface area contributed by atoms with Gasteiger partial charge in [-0.25, -0.2) is 4.98 Å². The second-order valence-electron chi connectivity index (χ2n) is 5.22. The fourth-order valence-electron chi connectivity index (χ4n) is 2.22. The van der Waals surface area contributed by atoms with E-state index in [4.69, 9.17) is 4.42 Å². The molecule has 0 N–H and O–H groups in total. The van der Waals surface area contributed by atoms with Crippen LogP contribution in [-0.4, -0.2) is 4.98 Å². The van der Waals surface area contributed by atoms with E-state index in [9.17, 15) is 0 Å². The number of rotatable bonds is 2. The summed E-state index contributed by atoms with van der Waals surface area (Å²) < 4.78 is 5.87. The highest BCUT2D eigenvalue weighted by atomic mass is 16.3. The van der Waals surface area contributed by atoms with Crippen molar-refractivity contribution in [1.29, 1.82) is 0 Å². The monoisotopic (exact) mass is 251 g/mol. The summed E-state index contributed by atoms with van der Waals surface area (Å²) in [5, 5.41) is 0. The lowest BCUT2D eigenvalue weighted by atomic mass is 10.0. The number of oxazole rings is 1. The third-order valence-electron chi connectivity index (χ3n) is 3.44. The number of aryl methyl sites for hydroxylation is 1. The zero-order valence-electron chi connectivity index (χ0n) is 11.5. The van der Waals surface area contributed by atoms with E-state index in [1.165, 1.54) is 5.56 Å². The predicted octanol–water partition coefficient (Wildman–Crippen LogP) is 4.93. The van der Waals surface area contributed by atoms with Crippen molar-refractivity contribution >= 4 is 11.1 Å².